The van der Waals surface area contributed by atoms with Crippen LogP contribution in [0.5, 0.6) is 0 Å². The molecule has 1 aromatic carbocycles. The van der Waals surface area contributed by atoms with E-state index in [9.17, 15) is 9.18 Å². The summed E-state index contributed by atoms with van der Waals surface area (Å²) in [6.07, 6.45) is 4.67. The molecular formula is C19H23BrFN3O3. The normalized spacial score (nSPS) is 17.1. The van der Waals surface area contributed by atoms with Gasteiger partial charge in [0.15, 0.2) is 0 Å². The van der Waals surface area contributed by atoms with Gasteiger partial charge in [-0.3, -0.25) is 9.63 Å². The predicted octanol–water partition coefficient (Wildman–Crippen LogP) is 4.02. The SMILES string of the molecule is CON(C)C(=O)c1cnn(C2CCCCO2)c1Cc1ccc(F)c(C)c1Br. The summed E-state index contributed by atoms with van der Waals surface area (Å²) in [5.41, 5.74) is 2.58. The lowest BCUT2D eigenvalue weighted by molar-refractivity contribution is -0.0758. The van der Waals surface area contributed by atoms with E-state index in [-0.39, 0.29) is 18.0 Å². The van der Waals surface area contributed by atoms with Gasteiger partial charge in [-0.15, -0.1) is 0 Å². The number of carbonyl (C=O) groups is 1. The average Bonchev–Trinajstić information content (AvgIpc) is 3.11. The molecule has 1 aromatic heterocycles. The minimum absolute atomic E-state index is 0.205. The van der Waals surface area contributed by atoms with Crippen molar-refractivity contribution in [1.82, 2.24) is 14.8 Å². The maximum Gasteiger partial charge on any atom is 0.280 e. The monoisotopic (exact) mass is 439 g/mol. The highest BCUT2D eigenvalue weighted by Crippen LogP contribution is 2.30. The van der Waals surface area contributed by atoms with Crippen molar-refractivity contribution in [3.8, 4) is 0 Å². The number of amides is 1. The standard InChI is InChI=1S/C19H23BrFN3O3/c1-12-15(21)8-7-13(18(12)20)10-16-14(19(25)23(2)26-3)11-22-24(16)17-6-4-5-9-27-17/h7-8,11,17H,4-6,9-10H2,1-3H3. The van der Waals surface area contributed by atoms with Gasteiger partial charge in [-0.05, 0) is 43.4 Å². The zero-order chi connectivity index (χ0) is 19.6. The summed E-state index contributed by atoms with van der Waals surface area (Å²) in [5, 5.41) is 5.61. The minimum atomic E-state index is -0.287. The fourth-order valence-electron chi connectivity index (χ4n) is 3.19. The summed E-state index contributed by atoms with van der Waals surface area (Å²) in [5.74, 6) is -0.560. The van der Waals surface area contributed by atoms with Gasteiger partial charge in [-0.1, -0.05) is 22.0 Å². The minimum Gasteiger partial charge on any atom is -0.357 e. The number of halogens is 2. The lowest BCUT2D eigenvalue weighted by atomic mass is 10.0. The summed E-state index contributed by atoms with van der Waals surface area (Å²) in [7, 11) is 2.99. The van der Waals surface area contributed by atoms with Gasteiger partial charge >= 0.3 is 0 Å². The highest BCUT2D eigenvalue weighted by Gasteiger charge is 2.26. The van der Waals surface area contributed by atoms with Gasteiger partial charge in [0.05, 0.1) is 24.6 Å². The molecule has 0 aliphatic carbocycles. The van der Waals surface area contributed by atoms with Crippen LogP contribution in [0.4, 0.5) is 4.39 Å². The highest BCUT2D eigenvalue weighted by molar-refractivity contribution is 9.10. The molecule has 1 amide bonds. The topological polar surface area (TPSA) is 56.6 Å². The molecule has 0 spiro atoms. The molecule has 1 atom stereocenters. The molecule has 8 heteroatoms. The largest absolute Gasteiger partial charge is 0.357 e. The van der Waals surface area contributed by atoms with Crippen LogP contribution < -0.4 is 0 Å². The van der Waals surface area contributed by atoms with Crippen LogP contribution in [0.15, 0.2) is 22.8 Å². The first kappa shape index (κ1) is 20.0. The second kappa shape index (κ2) is 8.50. The Hall–Kier alpha value is -1.77. The highest BCUT2D eigenvalue weighted by atomic mass is 79.9. The van der Waals surface area contributed by atoms with Crippen molar-refractivity contribution in [2.24, 2.45) is 0 Å². The van der Waals surface area contributed by atoms with Crippen LogP contribution in [-0.2, 0) is 16.0 Å². The van der Waals surface area contributed by atoms with Crippen molar-refractivity contribution in [2.45, 2.75) is 38.8 Å². The number of ether oxygens (including phenoxy) is 1. The molecule has 2 aromatic rings. The van der Waals surface area contributed by atoms with Crippen molar-refractivity contribution < 1.29 is 18.8 Å². The molecule has 0 N–H and O–H groups in total. The molecule has 1 unspecified atom stereocenters. The van der Waals surface area contributed by atoms with Crippen molar-refractivity contribution in [3.63, 3.8) is 0 Å². The van der Waals surface area contributed by atoms with Crippen LogP contribution in [0.2, 0.25) is 0 Å². The molecule has 1 saturated heterocycles. The molecule has 1 aliphatic rings. The lowest BCUT2D eigenvalue weighted by Gasteiger charge is -2.25. The summed E-state index contributed by atoms with van der Waals surface area (Å²) in [4.78, 5) is 17.8. The molecule has 3 rings (SSSR count). The zero-order valence-corrected chi connectivity index (χ0v) is 17.3. The first-order valence-electron chi connectivity index (χ1n) is 8.87. The third-order valence-electron chi connectivity index (χ3n) is 4.88. The zero-order valence-electron chi connectivity index (χ0n) is 15.7. The van der Waals surface area contributed by atoms with Crippen LogP contribution in [0, 0.1) is 12.7 Å². The second-order valence-corrected chi connectivity index (χ2v) is 7.37. The first-order valence-corrected chi connectivity index (χ1v) is 9.67. The van der Waals surface area contributed by atoms with Crippen LogP contribution in [0.3, 0.4) is 0 Å². The Morgan fingerprint density at radius 2 is 2.26 bits per heavy atom. The molecule has 1 fully saturated rings. The van der Waals surface area contributed by atoms with Gasteiger partial charge in [0.1, 0.15) is 12.0 Å². The fourth-order valence-corrected chi connectivity index (χ4v) is 3.66. The summed E-state index contributed by atoms with van der Waals surface area (Å²) in [6.45, 7) is 2.39. The van der Waals surface area contributed by atoms with Gasteiger partial charge in [0.25, 0.3) is 5.91 Å². The van der Waals surface area contributed by atoms with Crippen molar-refractivity contribution in [2.75, 3.05) is 20.8 Å². The Balaban J connectivity index is 2.03. The summed E-state index contributed by atoms with van der Waals surface area (Å²) >= 11 is 3.48. The molecule has 27 heavy (non-hydrogen) atoms. The molecular weight excluding hydrogens is 417 g/mol. The van der Waals surface area contributed by atoms with Gasteiger partial charge < -0.3 is 4.74 Å². The van der Waals surface area contributed by atoms with Crippen LogP contribution in [0.1, 0.15) is 52.7 Å². The van der Waals surface area contributed by atoms with Gasteiger partial charge in [-0.2, -0.15) is 5.10 Å². The first-order chi connectivity index (χ1) is 12.9. The number of hydroxylamine groups is 2. The Labute approximate surface area is 166 Å². The van der Waals surface area contributed by atoms with E-state index in [0.29, 0.717) is 28.6 Å². The Morgan fingerprint density at radius 3 is 2.93 bits per heavy atom. The molecule has 0 saturated carbocycles. The summed E-state index contributed by atoms with van der Waals surface area (Å²) < 4.78 is 22.2. The van der Waals surface area contributed by atoms with E-state index in [2.05, 4.69) is 21.0 Å². The number of hydrogen-bond acceptors (Lipinski definition) is 4. The second-order valence-electron chi connectivity index (χ2n) is 6.58. The van der Waals surface area contributed by atoms with E-state index in [1.165, 1.54) is 13.2 Å². The van der Waals surface area contributed by atoms with Gasteiger partial charge in [0, 0.05) is 24.5 Å². The maximum atomic E-state index is 13.8. The van der Waals surface area contributed by atoms with Crippen LogP contribution in [-0.4, -0.2) is 41.5 Å². The smallest absolute Gasteiger partial charge is 0.280 e. The maximum absolute atomic E-state index is 13.8. The quantitative estimate of drug-likeness (QED) is 0.660. The molecule has 146 valence electrons. The fraction of sp³-hybridized carbons (Fsp3) is 0.474. The molecule has 1 aliphatic heterocycles. The van der Waals surface area contributed by atoms with E-state index in [1.54, 1.807) is 30.9 Å². The van der Waals surface area contributed by atoms with Crippen LogP contribution in [0.25, 0.3) is 0 Å². The molecule has 0 bridgehead atoms. The van der Waals surface area contributed by atoms with E-state index in [1.807, 2.05) is 0 Å². The molecule has 2 heterocycles. The van der Waals surface area contributed by atoms with Crippen molar-refractivity contribution in [1.29, 1.82) is 0 Å². The number of carbonyl (C=O) groups excluding carboxylic acids is 1. The van der Waals surface area contributed by atoms with E-state index in [0.717, 1.165) is 35.6 Å². The van der Waals surface area contributed by atoms with E-state index >= 15 is 0 Å². The number of hydrogen-bond donors (Lipinski definition) is 0. The number of rotatable bonds is 5. The number of benzene rings is 1. The molecule has 0 radical (unpaired) electrons. The molecule has 6 nitrogen and oxygen atoms in total. The number of nitrogens with zero attached hydrogens (tertiary/aromatic N) is 3. The van der Waals surface area contributed by atoms with Crippen molar-refractivity contribution in [3.05, 3.63) is 51.0 Å². The van der Waals surface area contributed by atoms with Crippen molar-refractivity contribution >= 4 is 21.8 Å². The Bertz CT molecular complexity index is 834. The van der Waals surface area contributed by atoms with E-state index in [4.69, 9.17) is 9.57 Å². The Kier molecular flexibility index (Phi) is 6.29. The third-order valence-corrected chi connectivity index (χ3v) is 5.98. The van der Waals surface area contributed by atoms with Crippen LogP contribution >= 0.6 is 15.9 Å². The number of aromatic nitrogens is 2. The average molecular weight is 440 g/mol. The predicted molar refractivity (Wildman–Crippen MR) is 102 cm³/mol. The van der Waals surface area contributed by atoms with Gasteiger partial charge in [0.2, 0.25) is 0 Å². The third kappa shape index (κ3) is 4.07. The summed E-state index contributed by atoms with van der Waals surface area (Å²) in [6, 6.07) is 3.16. The Morgan fingerprint density at radius 1 is 1.48 bits per heavy atom. The van der Waals surface area contributed by atoms with Gasteiger partial charge in [-0.25, -0.2) is 14.1 Å². The lowest BCUT2D eigenvalue weighted by Crippen LogP contribution is -2.27. The van der Waals surface area contributed by atoms with E-state index < -0.39 is 0 Å².